The molecule has 2 bridgehead atoms. The highest BCUT2D eigenvalue weighted by Gasteiger charge is 2.34. The maximum absolute atomic E-state index is 5.90. The minimum absolute atomic E-state index is 0.528. The van der Waals surface area contributed by atoms with Crippen molar-refractivity contribution in [1.82, 2.24) is 14.7 Å². The first-order valence-electron chi connectivity index (χ1n) is 6.00. The molecule has 5 heteroatoms. The molecule has 5 nitrogen and oxygen atoms in total. The van der Waals surface area contributed by atoms with Crippen molar-refractivity contribution in [2.45, 2.75) is 18.9 Å². The van der Waals surface area contributed by atoms with Crippen LogP contribution in [0, 0.1) is 5.92 Å². The lowest BCUT2D eigenvalue weighted by atomic mass is 9.84. The Morgan fingerprint density at radius 3 is 2.69 bits per heavy atom. The number of aryl methyl sites for hydroxylation is 1. The Kier molecular flexibility index (Phi) is 2.28. The van der Waals surface area contributed by atoms with E-state index in [1.165, 1.54) is 25.9 Å². The largest absolute Gasteiger partial charge is 0.394 e. The lowest BCUT2D eigenvalue weighted by Gasteiger charge is -2.45. The van der Waals surface area contributed by atoms with Crippen LogP contribution in [-0.2, 0) is 7.05 Å². The number of aromatic nitrogens is 2. The van der Waals surface area contributed by atoms with Gasteiger partial charge in [-0.2, -0.15) is 5.10 Å². The number of nitrogens with zero attached hydrogens (tertiary/aromatic N) is 3. The summed E-state index contributed by atoms with van der Waals surface area (Å²) in [5.74, 6) is 1.65. The molecule has 1 aromatic rings. The van der Waals surface area contributed by atoms with Crippen molar-refractivity contribution >= 4 is 11.5 Å². The van der Waals surface area contributed by atoms with Crippen LogP contribution in [0.3, 0.4) is 0 Å². The highest BCUT2D eigenvalue weighted by Crippen LogP contribution is 2.30. The van der Waals surface area contributed by atoms with Crippen LogP contribution >= 0.6 is 0 Å². The summed E-state index contributed by atoms with van der Waals surface area (Å²) in [5.41, 5.74) is 6.65. The maximum Gasteiger partial charge on any atom is 0.171 e. The van der Waals surface area contributed by atoms with Crippen LogP contribution in [0.5, 0.6) is 0 Å². The summed E-state index contributed by atoms with van der Waals surface area (Å²) in [6, 6.07) is 0.528. The Hall–Kier alpha value is -1.23. The fourth-order valence-electron chi connectivity index (χ4n) is 2.92. The predicted octanol–water partition coefficient (Wildman–Crippen LogP) is 0.508. The number of piperidine rings is 3. The summed E-state index contributed by atoms with van der Waals surface area (Å²) in [7, 11) is 1.90. The first-order valence-corrected chi connectivity index (χ1v) is 6.00. The number of rotatable bonds is 2. The van der Waals surface area contributed by atoms with Crippen molar-refractivity contribution in [1.29, 1.82) is 0 Å². The Balaban J connectivity index is 1.73. The molecule has 1 unspecified atom stereocenters. The van der Waals surface area contributed by atoms with Crippen LogP contribution in [0.1, 0.15) is 12.8 Å². The first-order chi connectivity index (χ1) is 7.72. The van der Waals surface area contributed by atoms with Gasteiger partial charge in [0.1, 0.15) is 0 Å². The Bertz CT molecular complexity index is 378. The van der Waals surface area contributed by atoms with Crippen molar-refractivity contribution in [3.05, 3.63) is 6.20 Å². The first kappa shape index (κ1) is 9.96. The van der Waals surface area contributed by atoms with Gasteiger partial charge in [0.15, 0.2) is 5.82 Å². The number of anilines is 2. The SMILES string of the molecule is Cn1cc(N)c(NC2CN3CCC2CC3)n1. The number of hydrogen-bond donors (Lipinski definition) is 2. The Morgan fingerprint density at radius 1 is 1.44 bits per heavy atom. The molecule has 0 amide bonds. The topological polar surface area (TPSA) is 59.1 Å². The third-order valence-electron chi connectivity index (χ3n) is 3.84. The molecule has 3 aliphatic rings. The van der Waals surface area contributed by atoms with Gasteiger partial charge in [-0.1, -0.05) is 0 Å². The molecule has 0 radical (unpaired) electrons. The molecule has 4 heterocycles. The Labute approximate surface area is 95.6 Å². The zero-order valence-corrected chi connectivity index (χ0v) is 9.69. The average Bonchev–Trinajstić information content (AvgIpc) is 2.59. The fourth-order valence-corrected chi connectivity index (χ4v) is 2.92. The predicted molar refractivity (Wildman–Crippen MR) is 64.2 cm³/mol. The summed E-state index contributed by atoms with van der Waals surface area (Å²) in [5, 5.41) is 7.85. The second kappa shape index (κ2) is 3.66. The number of nitrogens with one attached hydrogen (secondary N) is 1. The molecule has 4 rings (SSSR count). The van der Waals surface area contributed by atoms with Gasteiger partial charge < -0.3 is 16.0 Å². The van der Waals surface area contributed by atoms with E-state index in [1.807, 2.05) is 13.2 Å². The van der Waals surface area contributed by atoms with Gasteiger partial charge in [-0.25, -0.2) is 0 Å². The molecule has 3 aliphatic heterocycles. The van der Waals surface area contributed by atoms with Crippen LogP contribution in [0.25, 0.3) is 0 Å². The van der Waals surface area contributed by atoms with E-state index in [0.29, 0.717) is 6.04 Å². The zero-order valence-electron chi connectivity index (χ0n) is 9.69. The standard InChI is InChI=1S/C11H19N5/c1-15-6-9(12)11(14-15)13-10-7-16-4-2-8(10)3-5-16/h6,8,10H,2-5,7,12H2,1H3,(H,13,14). The summed E-state index contributed by atoms with van der Waals surface area (Å²) in [6.45, 7) is 3.67. The Morgan fingerprint density at radius 2 is 2.19 bits per heavy atom. The van der Waals surface area contributed by atoms with Crippen molar-refractivity contribution in [2.24, 2.45) is 13.0 Å². The van der Waals surface area contributed by atoms with Crippen LogP contribution in [0.2, 0.25) is 0 Å². The highest BCUT2D eigenvalue weighted by atomic mass is 15.3. The minimum atomic E-state index is 0.528. The van der Waals surface area contributed by atoms with Crippen molar-refractivity contribution in [2.75, 3.05) is 30.7 Å². The van der Waals surface area contributed by atoms with Gasteiger partial charge in [0.05, 0.1) is 5.69 Å². The van der Waals surface area contributed by atoms with E-state index in [0.717, 1.165) is 24.0 Å². The average molecular weight is 221 g/mol. The van der Waals surface area contributed by atoms with E-state index in [1.54, 1.807) is 4.68 Å². The van der Waals surface area contributed by atoms with Crippen LogP contribution in [0.15, 0.2) is 6.20 Å². The molecule has 0 saturated carbocycles. The summed E-state index contributed by atoms with van der Waals surface area (Å²) in [6.07, 6.45) is 4.47. The molecule has 0 aromatic carbocycles. The number of hydrogen-bond acceptors (Lipinski definition) is 4. The normalized spacial score (nSPS) is 32.9. The smallest absolute Gasteiger partial charge is 0.171 e. The minimum Gasteiger partial charge on any atom is -0.394 e. The fraction of sp³-hybridized carbons (Fsp3) is 0.727. The van der Waals surface area contributed by atoms with Crippen LogP contribution < -0.4 is 11.1 Å². The van der Waals surface area contributed by atoms with E-state index >= 15 is 0 Å². The molecule has 16 heavy (non-hydrogen) atoms. The second-order valence-corrected chi connectivity index (χ2v) is 5.00. The van der Waals surface area contributed by atoms with Gasteiger partial charge in [-0.05, 0) is 31.8 Å². The third-order valence-corrected chi connectivity index (χ3v) is 3.84. The van der Waals surface area contributed by atoms with Gasteiger partial charge in [0, 0.05) is 25.8 Å². The number of nitrogen functional groups attached to an aromatic ring is 1. The lowest BCUT2D eigenvalue weighted by molar-refractivity contribution is 0.0974. The molecule has 1 aromatic heterocycles. The lowest BCUT2D eigenvalue weighted by Crippen LogP contribution is -2.53. The summed E-state index contributed by atoms with van der Waals surface area (Å²) in [4.78, 5) is 2.52. The van der Waals surface area contributed by atoms with Gasteiger partial charge in [0.2, 0.25) is 0 Å². The molecular formula is C11H19N5. The van der Waals surface area contributed by atoms with Gasteiger partial charge >= 0.3 is 0 Å². The molecule has 0 spiro atoms. The van der Waals surface area contributed by atoms with Gasteiger partial charge in [-0.15, -0.1) is 0 Å². The molecule has 88 valence electrons. The quantitative estimate of drug-likeness (QED) is 0.764. The van der Waals surface area contributed by atoms with Crippen molar-refractivity contribution in [3.8, 4) is 0 Å². The van der Waals surface area contributed by atoms with Crippen LogP contribution in [-0.4, -0.2) is 40.4 Å². The van der Waals surface area contributed by atoms with E-state index < -0.39 is 0 Å². The van der Waals surface area contributed by atoms with Crippen molar-refractivity contribution < 1.29 is 0 Å². The molecular weight excluding hydrogens is 202 g/mol. The van der Waals surface area contributed by atoms with E-state index in [-0.39, 0.29) is 0 Å². The van der Waals surface area contributed by atoms with Gasteiger partial charge in [0.25, 0.3) is 0 Å². The second-order valence-electron chi connectivity index (χ2n) is 5.00. The summed E-state index contributed by atoms with van der Waals surface area (Å²) < 4.78 is 1.76. The molecule has 3 saturated heterocycles. The van der Waals surface area contributed by atoms with E-state index in [4.69, 9.17) is 5.73 Å². The zero-order chi connectivity index (χ0) is 11.1. The maximum atomic E-state index is 5.90. The molecule has 1 atom stereocenters. The van der Waals surface area contributed by atoms with Gasteiger partial charge in [-0.3, -0.25) is 4.68 Å². The van der Waals surface area contributed by atoms with Crippen molar-refractivity contribution in [3.63, 3.8) is 0 Å². The summed E-state index contributed by atoms with van der Waals surface area (Å²) >= 11 is 0. The number of nitrogens with two attached hydrogens (primary N) is 1. The van der Waals surface area contributed by atoms with E-state index in [9.17, 15) is 0 Å². The van der Waals surface area contributed by atoms with Crippen LogP contribution in [0.4, 0.5) is 11.5 Å². The molecule has 3 N–H and O–H groups in total. The highest BCUT2D eigenvalue weighted by molar-refractivity contribution is 5.60. The third kappa shape index (κ3) is 1.65. The van der Waals surface area contributed by atoms with E-state index in [2.05, 4.69) is 15.3 Å². The number of fused-ring (bicyclic) bond motifs is 3. The molecule has 0 aliphatic carbocycles. The monoisotopic (exact) mass is 221 g/mol. The molecule has 3 fully saturated rings.